The lowest BCUT2D eigenvalue weighted by Crippen LogP contribution is -2.55. The third-order valence-electron chi connectivity index (χ3n) is 4.29. The van der Waals surface area contributed by atoms with Gasteiger partial charge in [0.05, 0.1) is 12.7 Å². The molecule has 1 aliphatic carbocycles. The Hall–Kier alpha value is -0.593. The van der Waals surface area contributed by atoms with Crippen LogP contribution in [0, 0.1) is 5.92 Å². The predicted molar refractivity (Wildman–Crippen MR) is 102 cm³/mol. The van der Waals surface area contributed by atoms with Gasteiger partial charge >= 0.3 is 6.09 Å². The number of nitrogens with one attached hydrogen (secondary N) is 1. The van der Waals surface area contributed by atoms with Crippen LogP contribution < -0.4 is 11.1 Å². The van der Waals surface area contributed by atoms with Crippen LogP contribution in [-0.2, 0) is 9.16 Å². The monoisotopic (exact) mass is 358 g/mol. The lowest BCUT2D eigenvalue weighted by Gasteiger charge is -2.42. The first-order valence-corrected chi connectivity index (χ1v) is 12.8. The molecule has 0 aromatic carbocycles. The molecule has 0 aromatic heterocycles. The zero-order valence-corrected chi connectivity index (χ0v) is 17.5. The topological polar surface area (TPSA) is 73.6 Å². The van der Waals surface area contributed by atoms with Crippen molar-refractivity contribution in [2.45, 2.75) is 96.6 Å². The van der Waals surface area contributed by atoms with Gasteiger partial charge in [0.1, 0.15) is 0 Å². The van der Waals surface area contributed by atoms with E-state index in [9.17, 15) is 4.79 Å². The molecule has 6 heteroatoms. The zero-order valence-electron chi connectivity index (χ0n) is 16.5. The van der Waals surface area contributed by atoms with Gasteiger partial charge in [0.15, 0.2) is 8.32 Å². The molecule has 0 saturated heterocycles. The average molecular weight is 359 g/mol. The summed E-state index contributed by atoms with van der Waals surface area (Å²) in [5.41, 5.74) is 5.10. The van der Waals surface area contributed by atoms with Gasteiger partial charge < -0.3 is 20.2 Å². The van der Waals surface area contributed by atoms with Crippen molar-refractivity contribution < 1.29 is 14.0 Å². The minimum absolute atomic E-state index is 0.0207. The van der Waals surface area contributed by atoms with Crippen molar-refractivity contribution in [1.82, 2.24) is 5.32 Å². The molecule has 1 rings (SSSR count). The average Bonchev–Trinajstić information content (AvgIpc) is 2.42. The molecule has 0 spiro atoms. The maximum absolute atomic E-state index is 10.9. The second-order valence-corrected chi connectivity index (χ2v) is 13.5. The van der Waals surface area contributed by atoms with Crippen LogP contribution in [0.15, 0.2) is 0 Å². The number of ether oxygens (including phenoxy) is 1. The minimum Gasteiger partial charge on any atom is -0.450 e. The van der Waals surface area contributed by atoms with E-state index in [2.05, 4.69) is 45.7 Å². The maximum atomic E-state index is 10.9. The normalized spacial score (nSPS) is 19.8. The summed E-state index contributed by atoms with van der Waals surface area (Å²) in [6.45, 7) is 13.6. The van der Waals surface area contributed by atoms with E-state index in [1.165, 1.54) is 32.1 Å². The van der Waals surface area contributed by atoms with Crippen LogP contribution in [0.5, 0.6) is 0 Å². The Labute approximate surface area is 149 Å². The van der Waals surface area contributed by atoms with E-state index in [0.717, 1.165) is 6.42 Å². The van der Waals surface area contributed by atoms with Gasteiger partial charge in [-0.15, -0.1) is 0 Å². The summed E-state index contributed by atoms with van der Waals surface area (Å²) in [6.07, 6.45) is 6.57. The Morgan fingerprint density at radius 1 is 1.21 bits per heavy atom. The maximum Gasteiger partial charge on any atom is 0.404 e. The fourth-order valence-electron chi connectivity index (χ4n) is 3.54. The van der Waals surface area contributed by atoms with Crippen molar-refractivity contribution >= 4 is 14.4 Å². The number of nitrogens with two attached hydrogens (primary N) is 1. The van der Waals surface area contributed by atoms with Crippen LogP contribution >= 0.6 is 0 Å². The van der Waals surface area contributed by atoms with Gasteiger partial charge in [-0.25, -0.2) is 4.79 Å². The van der Waals surface area contributed by atoms with Crippen LogP contribution in [0.2, 0.25) is 19.6 Å². The largest absolute Gasteiger partial charge is 0.450 e. The molecule has 0 radical (unpaired) electrons. The molecule has 0 aliphatic heterocycles. The standard InChI is InChI=1S/C18H38N2O3Si/c1-18(2,3)20-15(12-13-22-17(19)21)16(23-24(4,5)6)14-10-8-7-9-11-14/h14-16,20H,7-13H2,1-6H3,(H2,19,21). The summed E-state index contributed by atoms with van der Waals surface area (Å²) in [6, 6.07) is 0.166. The van der Waals surface area contributed by atoms with Crippen LogP contribution in [0.1, 0.15) is 59.3 Å². The number of hydrogen-bond donors (Lipinski definition) is 2. The quantitative estimate of drug-likeness (QED) is 0.643. The van der Waals surface area contributed by atoms with E-state index in [0.29, 0.717) is 12.5 Å². The van der Waals surface area contributed by atoms with E-state index >= 15 is 0 Å². The van der Waals surface area contributed by atoms with E-state index in [1.807, 2.05) is 0 Å². The fourth-order valence-corrected chi connectivity index (χ4v) is 4.71. The van der Waals surface area contributed by atoms with E-state index in [4.69, 9.17) is 14.9 Å². The highest BCUT2D eigenvalue weighted by Gasteiger charge is 2.36. The summed E-state index contributed by atoms with van der Waals surface area (Å²) in [5.74, 6) is 0.582. The van der Waals surface area contributed by atoms with E-state index < -0.39 is 14.4 Å². The van der Waals surface area contributed by atoms with Crippen LogP contribution in [-0.4, -0.2) is 38.7 Å². The molecule has 2 unspecified atom stereocenters. The van der Waals surface area contributed by atoms with Gasteiger partial charge in [0, 0.05) is 11.6 Å². The van der Waals surface area contributed by atoms with Gasteiger partial charge in [-0.3, -0.25) is 0 Å². The number of rotatable bonds is 8. The smallest absolute Gasteiger partial charge is 0.404 e. The lowest BCUT2D eigenvalue weighted by atomic mass is 9.81. The second-order valence-electron chi connectivity index (χ2n) is 9.05. The summed E-state index contributed by atoms with van der Waals surface area (Å²) in [4.78, 5) is 10.9. The second kappa shape index (κ2) is 9.20. The molecule has 0 bridgehead atoms. The van der Waals surface area contributed by atoms with Crippen LogP contribution in [0.3, 0.4) is 0 Å². The highest BCUT2D eigenvalue weighted by Crippen LogP contribution is 2.32. The van der Waals surface area contributed by atoms with Crippen molar-refractivity contribution in [3.63, 3.8) is 0 Å². The number of amides is 1. The van der Waals surface area contributed by atoms with Crippen molar-refractivity contribution in [2.75, 3.05) is 6.61 Å². The molecule has 142 valence electrons. The van der Waals surface area contributed by atoms with Gasteiger partial charge in [-0.1, -0.05) is 19.3 Å². The number of hydrogen-bond acceptors (Lipinski definition) is 4. The van der Waals surface area contributed by atoms with Gasteiger partial charge in [-0.2, -0.15) is 0 Å². The first kappa shape index (κ1) is 21.4. The van der Waals surface area contributed by atoms with Crippen LogP contribution in [0.25, 0.3) is 0 Å². The Balaban J connectivity index is 2.90. The third-order valence-corrected chi connectivity index (χ3v) is 5.27. The zero-order chi connectivity index (χ0) is 18.4. The summed E-state index contributed by atoms with van der Waals surface area (Å²) in [7, 11) is -1.68. The third kappa shape index (κ3) is 9.04. The van der Waals surface area contributed by atoms with Crippen molar-refractivity contribution in [2.24, 2.45) is 11.7 Å². The molecule has 1 aliphatic rings. The van der Waals surface area contributed by atoms with Crippen LogP contribution in [0.4, 0.5) is 4.79 Å². The molecular formula is C18H38N2O3Si. The SMILES string of the molecule is CC(C)(C)NC(CCOC(N)=O)C(O[Si](C)(C)C)C1CCCCC1. The molecule has 24 heavy (non-hydrogen) atoms. The molecular weight excluding hydrogens is 320 g/mol. The Kier molecular flexibility index (Phi) is 8.22. The lowest BCUT2D eigenvalue weighted by molar-refractivity contribution is 0.0443. The molecule has 0 aromatic rings. The number of carbonyl (C=O) groups is 1. The van der Waals surface area contributed by atoms with Gasteiger partial charge in [-0.05, 0) is 65.6 Å². The van der Waals surface area contributed by atoms with Crippen molar-refractivity contribution in [3.05, 3.63) is 0 Å². The number of primary amides is 1. The van der Waals surface area contributed by atoms with Crippen molar-refractivity contribution in [1.29, 1.82) is 0 Å². The highest BCUT2D eigenvalue weighted by atomic mass is 28.4. The Bertz CT molecular complexity index is 385. The molecule has 1 amide bonds. The Morgan fingerprint density at radius 3 is 2.25 bits per heavy atom. The van der Waals surface area contributed by atoms with Crippen molar-refractivity contribution in [3.8, 4) is 0 Å². The molecule has 5 nitrogen and oxygen atoms in total. The summed E-state index contributed by atoms with van der Waals surface area (Å²) < 4.78 is 11.7. The van der Waals surface area contributed by atoms with E-state index in [1.54, 1.807) is 0 Å². The minimum atomic E-state index is -1.68. The summed E-state index contributed by atoms with van der Waals surface area (Å²) >= 11 is 0. The molecule has 2 atom stereocenters. The Morgan fingerprint density at radius 2 is 1.79 bits per heavy atom. The van der Waals surface area contributed by atoms with E-state index in [-0.39, 0.29) is 17.7 Å². The summed E-state index contributed by atoms with van der Waals surface area (Å²) in [5, 5.41) is 3.72. The highest BCUT2D eigenvalue weighted by molar-refractivity contribution is 6.69. The molecule has 3 N–H and O–H groups in total. The molecule has 0 heterocycles. The first-order chi connectivity index (χ1) is 11.0. The molecule has 1 saturated carbocycles. The first-order valence-electron chi connectivity index (χ1n) is 9.36. The van der Waals surface area contributed by atoms with Gasteiger partial charge in [0.2, 0.25) is 0 Å². The molecule has 1 fully saturated rings. The fraction of sp³-hybridized carbons (Fsp3) is 0.944. The number of carbonyl (C=O) groups excluding carboxylic acids is 1. The predicted octanol–water partition coefficient (Wildman–Crippen LogP) is 4.03. The van der Waals surface area contributed by atoms with Gasteiger partial charge in [0.25, 0.3) is 0 Å².